The van der Waals surface area contributed by atoms with Crippen LogP contribution in [0.1, 0.15) is 12.6 Å². The third kappa shape index (κ3) is 2.90. The van der Waals surface area contributed by atoms with Gasteiger partial charge in [-0.05, 0) is 30.7 Å². The van der Waals surface area contributed by atoms with Crippen molar-refractivity contribution in [2.75, 3.05) is 0 Å². The highest BCUT2D eigenvalue weighted by molar-refractivity contribution is 5.72. The summed E-state index contributed by atoms with van der Waals surface area (Å²) in [6.45, 7) is 5.58. The molecule has 2 heteroatoms. The number of aromatic nitrogens is 1. The molecule has 1 rings (SSSR count). The molecule has 1 aromatic heterocycles. The van der Waals surface area contributed by atoms with Crippen molar-refractivity contribution >= 4 is 5.57 Å². The molecule has 0 radical (unpaired) electrons. The zero-order valence-electron chi connectivity index (χ0n) is 8.27. The van der Waals surface area contributed by atoms with Gasteiger partial charge in [0.25, 0.3) is 0 Å². The average molecular weight is 186 g/mol. The Kier molecular flexibility index (Phi) is 3.68. The van der Waals surface area contributed by atoms with Crippen LogP contribution in [0, 0.1) is 0 Å². The number of hydrogen-bond acceptors (Lipinski definition) is 2. The predicted octanol–water partition coefficient (Wildman–Crippen LogP) is 2.51. The van der Waals surface area contributed by atoms with Gasteiger partial charge in [-0.15, -0.1) is 0 Å². The van der Waals surface area contributed by atoms with Crippen LogP contribution in [-0.4, -0.2) is 4.98 Å². The van der Waals surface area contributed by atoms with E-state index < -0.39 is 0 Å². The fourth-order valence-corrected chi connectivity index (χ4v) is 1.01. The van der Waals surface area contributed by atoms with Crippen molar-refractivity contribution in [2.45, 2.75) is 6.92 Å². The van der Waals surface area contributed by atoms with Crippen LogP contribution in [0.3, 0.4) is 0 Å². The van der Waals surface area contributed by atoms with Gasteiger partial charge in [0.05, 0.1) is 5.69 Å². The highest BCUT2D eigenvalue weighted by Crippen LogP contribution is 2.11. The lowest BCUT2D eigenvalue weighted by molar-refractivity contribution is 1.28. The first kappa shape index (κ1) is 10.3. The van der Waals surface area contributed by atoms with E-state index in [0.29, 0.717) is 0 Å². The van der Waals surface area contributed by atoms with E-state index in [0.717, 1.165) is 17.0 Å². The summed E-state index contributed by atoms with van der Waals surface area (Å²) in [6.07, 6.45) is 7.27. The maximum absolute atomic E-state index is 5.54. The molecule has 0 spiro atoms. The van der Waals surface area contributed by atoms with Crippen LogP contribution in [0.15, 0.2) is 54.9 Å². The smallest absolute Gasteiger partial charge is 0.0701 e. The minimum Gasteiger partial charge on any atom is -0.402 e. The second kappa shape index (κ2) is 5.02. The molecule has 14 heavy (non-hydrogen) atoms. The Morgan fingerprint density at radius 3 is 2.71 bits per heavy atom. The zero-order valence-corrected chi connectivity index (χ0v) is 8.27. The molecular weight excluding hydrogens is 172 g/mol. The Balaban J connectivity index is 2.99. The fraction of sp³-hybridized carbons (Fsp3) is 0.0833. The standard InChI is InChI=1S/C12H14N2/c1-3-11(8-7-10(2)13)12-6-4-5-9-14-12/h3-9H,1,13H2,2H3/b10-7+,11-8+. The van der Waals surface area contributed by atoms with Crippen molar-refractivity contribution in [1.82, 2.24) is 4.98 Å². The Labute approximate surface area is 84.5 Å². The Morgan fingerprint density at radius 1 is 1.43 bits per heavy atom. The van der Waals surface area contributed by atoms with Gasteiger partial charge in [-0.3, -0.25) is 4.98 Å². The highest BCUT2D eigenvalue weighted by atomic mass is 14.7. The molecule has 0 aliphatic rings. The van der Waals surface area contributed by atoms with Crippen LogP contribution in [0.25, 0.3) is 5.57 Å². The van der Waals surface area contributed by atoms with Gasteiger partial charge in [0, 0.05) is 11.9 Å². The summed E-state index contributed by atoms with van der Waals surface area (Å²) < 4.78 is 0. The summed E-state index contributed by atoms with van der Waals surface area (Å²) in [6, 6.07) is 5.76. The quantitative estimate of drug-likeness (QED) is 0.737. The van der Waals surface area contributed by atoms with Gasteiger partial charge in [0.1, 0.15) is 0 Å². The second-order valence-electron chi connectivity index (χ2n) is 2.95. The molecule has 2 N–H and O–H groups in total. The molecule has 2 nitrogen and oxygen atoms in total. The number of nitrogens with two attached hydrogens (primary N) is 1. The first-order valence-electron chi connectivity index (χ1n) is 4.42. The maximum atomic E-state index is 5.54. The maximum Gasteiger partial charge on any atom is 0.0701 e. The Bertz CT molecular complexity index is 357. The molecule has 1 heterocycles. The summed E-state index contributed by atoms with van der Waals surface area (Å²) >= 11 is 0. The van der Waals surface area contributed by atoms with E-state index in [4.69, 9.17) is 5.73 Å². The molecule has 0 amide bonds. The van der Waals surface area contributed by atoms with Crippen molar-refractivity contribution in [3.05, 3.63) is 60.6 Å². The van der Waals surface area contributed by atoms with Gasteiger partial charge in [-0.25, -0.2) is 0 Å². The van der Waals surface area contributed by atoms with Crippen molar-refractivity contribution in [3.8, 4) is 0 Å². The number of allylic oxidation sites excluding steroid dienone is 5. The third-order valence-electron chi connectivity index (χ3n) is 1.71. The molecule has 0 aliphatic carbocycles. The highest BCUT2D eigenvalue weighted by Gasteiger charge is 1.95. The zero-order chi connectivity index (χ0) is 10.4. The topological polar surface area (TPSA) is 38.9 Å². The first-order valence-corrected chi connectivity index (χ1v) is 4.42. The lowest BCUT2D eigenvalue weighted by atomic mass is 10.1. The molecule has 72 valence electrons. The van der Waals surface area contributed by atoms with Crippen LogP contribution < -0.4 is 5.73 Å². The van der Waals surface area contributed by atoms with E-state index in [1.165, 1.54) is 0 Å². The van der Waals surface area contributed by atoms with Crippen LogP contribution >= 0.6 is 0 Å². The lowest BCUT2D eigenvalue weighted by Crippen LogP contribution is -1.89. The van der Waals surface area contributed by atoms with Crippen LogP contribution in [-0.2, 0) is 0 Å². The molecular formula is C12H14N2. The van der Waals surface area contributed by atoms with Crippen molar-refractivity contribution in [3.63, 3.8) is 0 Å². The van der Waals surface area contributed by atoms with Gasteiger partial charge in [-0.1, -0.05) is 24.8 Å². The molecule has 0 fully saturated rings. The second-order valence-corrected chi connectivity index (χ2v) is 2.95. The number of nitrogens with zero attached hydrogens (tertiary/aromatic N) is 1. The van der Waals surface area contributed by atoms with E-state index in [-0.39, 0.29) is 0 Å². The summed E-state index contributed by atoms with van der Waals surface area (Å²) in [5.74, 6) is 0. The molecule has 0 saturated heterocycles. The number of rotatable bonds is 3. The van der Waals surface area contributed by atoms with E-state index in [1.807, 2.05) is 37.3 Å². The van der Waals surface area contributed by atoms with Gasteiger partial charge < -0.3 is 5.73 Å². The van der Waals surface area contributed by atoms with Gasteiger partial charge >= 0.3 is 0 Å². The van der Waals surface area contributed by atoms with E-state index in [2.05, 4.69) is 11.6 Å². The lowest BCUT2D eigenvalue weighted by Gasteiger charge is -1.98. The van der Waals surface area contributed by atoms with Crippen LogP contribution in [0.5, 0.6) is 0 Å². The molecule has 0 atom stereocenters. The number of hydrogen-bond donors (Lipinski definition) is 1. The van der Waals surface area contributed by atoms with Gasteiger partial charge in [0.15, 0.2) is 0 Å². The Hall–Kier alpha value is -1.83. The normalized spacial score (nSPS) is 12.6. The van der Waals surface area contributed by atoms with Crippen LogP contribution in [0.4, 0.5) is 0 Å². The number of pyridine rings is 1. The summed E-state index contributed by atoms with van der Waals surface area (Å²) in [7, 11) is 0. The van der Waals surface area contributed by atoms with Gasteiger partial charge in [-0.2, -0.15) is 0 Å². The van der Waals surface area contributed by atoms with E-state index in [9.17, 15) is 0 Å². The molecule has 1 aromatic rings. The fourth-order valence-electron chi connectivity index (χ4n) is 1.01. The van der Waals surface area contributed by atoms with E-state index in [1.54, 1.807) is 12.3 Å². The Morgan fingerprint density at radius 2 is 2.21 bits per heavy atom. The molecule has 0 unspecified atom stereocenters. The van der Waals surface area contributed by atoms with Gasteiger partial charge in [0.2, 0.25) is 0 Å². The first-order chi connectivity index (χ1) is 6.74. The van der Waals surface area contributed by atoms with Crippen molar-refractivity contribution in [1.29, 1.82) is 0 Å². The summed E-state index contributed by atoms with van der Waals surface area (Å²) in [5, 5.41) is 0. The predicted molar refractivity (Wildman–Crippen MR) is 60.4 cm³/mol. The minimum absolute atomic E-state index is 0.764. The largest absolute Gasteiger partial charge is 0.402 e. The third-order valence-corrected chi connectivity index (χ3v) is 1.71. The molecule has 0 saturated carbocycles. The summed E-state index contributed by atoms with van der Waals surface area (Å²) in [4.78, 5) is 4.22. The monoisotopic (exact) mass is 186 g/mol. The molecule has 0 aromatic carbocycles. The van der Waals surface area contributed by atoms with Crippen LogP contribution in [0.2, 0.25) is 0 Å². The van der Waals surface area contributed by atoms with Crippen molar-refractivity contribution < 1.29 is 0 Å². The average Bonchev–Trinajstić information content (AvgIpc) is 2.20. The minimum atomic E-state index is 0.764. The SMILES string of the molecule is C=C/C(=C\C=C(/C)N)c1ccccn1. The van der Waals surface area contributed by atoms with E-state index >= 15 is 0 Å². The molecule has 0 aliphatic heterocycles. The van der Waals surface area contributed by atoms with Crippen molar-refractivity contribution in [2.24, 2.45) is 5.73 Å². The summed E-state index contributed by atoms with van der Waals surface area (Å²) in [5.41, 5.74) is 8.17. The molecule has 0 bridgehead atoms.